The van der Waals surface area contributed by atoms with Crippen molar-refractivity contribution < 1.29 is 4.74 Å². The molecule has 1 heterocycles. The van der Waals surface area contributed by atoms with Crippen LogP contribution in [0.15, 0.2) is 30.3 Å². The molecule has 0 aliphatic carbocycles. The molecule has 0 saturated carbocycles. The van der Waals surface area contributed by atoms with E-state index >= 15 is 0 Å². The molecule has 0 saturated heterocycles. The van der Waals surface area contributed by atoms with Gasteiger partial charge in [0, 0.05) is 11.4 Å². The molecule has 0 radical (unpaired) electrons. The zero-order valence-electron chi connectivity index (χ0n) is 10.3. The summed E-state index contributed by atoms with van der Waals surface area (Å²) in [7, 11) is 1.62. The van der Waals surface area contributed by atoms with Crippen LogP contribution in [0.1, 0.15) is 11.4 Å². The molecule has 0 spiro atoms. The summed E-state index contributed by atoms with van der Waals surface area (Å²) in [4.78, 5) is 4.36. The van der Waals surface area contributed by atoms with Crippen LogP contribution in [0.3, 0.4) is 0 Å². The maximum Gasteiger partial charge on any atom is 0.141 e. The largest absolute Gasteiger partial charge is 0.495 e. The molecule has 0 fully saturated rings. The number of aryl methyl sites for hydroxylation is 2. The predicted octanol–water partition coefficient (Wildman–Crippen LogP) is 2.96. The van der Waals surface area contributed by atoms with Gasteiger partial charge in [0.05, 0.1) is 12.8 Å². The highest BCUT2D eigenvalue weighted by molar-refractivity contribution is 5.71. The van der Waals surface area contributed by atoms with E-state index in [-0.39, 0.29) is 0 Å². The van der Waals surface area contributed by atoms with Crippen molar-refractivity contribution in [3.8, 4) is 16.9 Å². The fourth-order valence-electron chi connectivity index (χ4n) is 1.92. The van der Waals surface area contributed by atoms with Crippen LogP contribution in [-0.2, 0) is 0 Å². The van der Waals surface area contributed by atoms with Gasteiger partial charge in [-0.3, -0.25) is 4.98 Å². The summed E-state index contributed by atoms with van der Waals surface area (Å²) < 4.78 is 5.15. The third-order valence-corrected chi connectivity index (χ3v) is 2.64. The number of hydrogen-bond donors (Lipinski definition) is 1. The molecule has 2 rings (SSSR count). The van der Waals surface area contributed by atoms with E-state index in [1.807, 2.05) is 44.2 Å². The number of ether oxygens (including phenoxy) is 1. The molecule has 17 heavy (non-hydrogen) atoms. The molecule has 0 atom stereocenters. The van der Waals surface area contributed by atoms with Crippen LogP contribution in [0.5, 0.6) is 5.75 Å². The van der Waals surface area contributed by atoms with E-state index in [1.165, 1.54) is 0 Å². The minimum atomic E-state index is 0.650. The first-order valence-corrected chi connectivity index (χ1v) is 5.49. The second-order valence-electron chi connectivity index (χ2n) is 4.10. The highest BCUT2D eigenvalue weighted by Gasteiger charge is 2.04. The van der Waals surface area contributed by atoms with Crippen molar-refractivity contribution in [1.82, 2.24) is 4.98 Å². The van der Waals surface area contributed by atoms with Gasteiger partial charge in [-0.05, 0) is 49.2 Å². The number of methoxy groups -OCH3 is 1. The quantitative estimate of drug-likeness (QED) is 0.804. The van der Waals surface area contributed by atoms with E-state index in [2.05, 4.69) is 4.98 Å². The number of nitrogens with two attached hydrogens (primary N) is 1. The first-order valence-electron chi connectivity index (χ1n) is 5.49. The summed E-state index contributed by atoms with van der Waals surface area (Å²) in [5.74, 6) is 0.705. The summed E-state index contributed by atoms with van der Waals surface area (Å²) in [5.41, 5.74) is 10.8. The van der Waals surface area contributed by atoms with Crippen molar-refractivity contribution in [2.24, 2.45) is 0 Å². The standard InChI is InChI=1S/C14H16N2O/c1-9-6-12(7-10(2)16-9)11-4-5-14(17-3)13(15)8-11/h4-8H,15H2,1-3H3. The number of aromatic nitrogens is 1. The van der Waals surface area contributed by atoms with Gasteiger partial charge < -0.3 is 10.5 Å². The summed E-state index contributed by atoms with van der Waals surface area (Å²) in [5, 5.41) is 0. The van der Waals surface area contributed by atoms with Crippen molar-refractivity contribution in [2.45, 2.75) is 13.8 Å². The third kappa shape index (κ3) is 2.38. The Kier molecular flexibility index (Phi) is 3.00. The fraction of sp³-hybridized carbons (Fsp3) is 0.214. The van der Waals surface area contributed by atoms with Crippen molar-refractivity contribution in [2.75, 3.05) is 12.8 Å². The van der Waals surface area contributed by atoms with Crippen molar-refractivity contribution in [3.05, 3.63) is 41.7 Å². The number of hydrogen-bond acceptors (Lipinski definition) is 3. The lowest BCUT2D eigenvalue weighted by Crippen LogP contribution is -1.93. The van der Waals surface area contributed by atoms with Crippen LogP contribution in [0.25, 0.3) is 11.1 Å². The average molecular weight is 228 g/mol. The number of rotatable bonds is 2. The SMILES string of the molecule is COc1ccc(-c2cc(C)nc(C)c2)cc1N. The molecular formula is C14H16N2O. The molecule has 0 bridgehead atoms. The molecule has 0 aliphatic rings. The van der Waals surface area contributed by atoms with Crippen LogP contribution in [0.2, 0.25) is 0 Å². The molecule has 0 amide bonds. The molecule has 2 aromatic rings. The molecule has 2 N–H and O–H groups in total. The summed E-state index contributed by atoms with van der Waals surface area (Å²) in [6.45, 7) is 3.98. The lowest BCUT2D eigenvalue weighted by molar-refractivity contribution is 0.417. The van der Waals surface area contributed by atoms with Gasteiger partial charge in [-0.1, -0.05) is 6.07 Å². The van der Waals surface area contributed by atoms with E-state index in [1.54, 1.807) is 7.11 Å². The Hall–Kier alpha value is -2.03. The molecule has 1 aromatic heterocycles. The Balaban J connectivity index is 2.49. The van der Waals surface area contributed by atoms with Crippen LogP contribution in [0.4, 0.5) is 5.69 Å². The molecule has 1 aromatic carbocycles. The summed E-state index contributed by atoms with van der Waals surface area (Å²) in [6.07, 6.45) is 0. The second-order valence-corrected chi connectivity index (χ2v) is 4.10. The van der Waals surface area contributed by atoms with Crippen LogP contribution in [0, 0.1) is 13.8 Å². The van der Waals surface area contributed by atoms with Gasteiger partial charge in [0.25, 0.3) is 0 Å². The first kappa shape index (κ1) is 11.5. The van der Waals surface area contributed by atoms with Gasteiger partial charge in [-0.25, -0.2) is 0 Å². The molecule has 0 aliphatic heterocycles. The molecule has 0 unspecified atom stereocenters. The van der Waals surface area contributed by atoms with Crippen LogP contribution >= 0.6 is 0 Å². The van der Waals surface area contributed by atoms with Crippen molar-refractivity contribution in [1.29, 1.82) is 0 Å². The van der Waals surface area contributed by atoms with Gasteiger partial charge in [-0.2, -0.15) is 0 Å². The normalized spacial score (nSPS) is 10.3. The first-order chi connectivity index (χ1) is 8.10. The highest BCUT2D eigenvalue weighted by atomic mass is 16.5. The maximum absolute atomic E-state index is 5.90. The smallest absolute Gasteiger partial charge is 0.141 e. The Labute approximate surface area is 101 Å². The van der Waals surface area contributed by atoms with Crippen LogP contribution in [-0.4, -0.2) is 12.1 Å². The number of anilines is 1. The van der Waals surface area contributed by atoms with E-state index in [0.29, 0.717) is 11.4 Å². The molecule has 3 nitrogen and oxygen atoms in total. The molecular weight excluding hydrogens is 212 g/mol. The second kappa shape index (κ2) is 4.45. The lowest BCUT2D eigenvalue weighted by atomic mass is 10.0. The van der Waals surface area contributed by atoms with Crippen molar-refractivity contribution >= 4 is 5.69 Å². The minimum absolute atomic E-state index is 0.650. The lowest BCUT2D eigenvalue weighted by Gasteiger charge is -2.08. The Morgan fingerprint density at radius 1 is 1.00 bits per heavy atom. The Morgan fingerprint density at radius 3 is 2.18 bits per heavy atom. The Morgan fingerprint density at radius 2 is 1.65 bits per heavy atom. The maximum atomic E-state index is 5.90. The number of nitrogen functional groups attached to an aromatic ring is 1. The summed E-state index contributed by atoms with van der Waals surface area (Å²) in [6, 6.07) is 9.91. The van der Waals surface area contributed by atoms with Gasteiger partial charge in [0.15, 0.2) is 0 Å². The molecule has 88 valence electrons. The Bertz CT molecular complexity index is 530. The van der Waals surface area contributed by atoms with E-state index in [0.717, 1.165) is 22.5 Å². The topological polar surface area (TPSA) is 48.1 Å². The van der Waals surface area contributed by atoms with Gasteiger partial charge in [-0.15, -0.1) is 0 Å². The summed E-state index contributed by atoms with van der Waals surface area (Å²) >= 11 is 0. The van der Waals surface area contributed by atoms with Crippen LogP contribution < -0.4 is 10.5 Å². The third-order valence-electron chi connectivity index (χ3n) is 2.64. The number of pyridine rings is 1. The minimum Gasteiger partial charge on any atom is -0.495 e. The zero-order chi connectivity index (χ0) is 12.4. The van der Waals surface area contributed by atoms with Crippen molar-refractivity contribution in [3.63, 3.8) is 0 Å². The van der Waals surface area contributed by atoms with E-state index < -0.39 is 0 Å². The fourth-order valence-corrected chi connectivity index (χ4v) is 1.92. The predicted molar refractivity (Wildman–Crippen MR) is 70.1 cm³/mol. The van der Waals surface area contributed by atoms with E-state index in [4.69, 9.17) is 10.5 Å². The zero-order valence-corrected chi connectivity index (χ0v) is 10.3. The molecule has 3 heteroatoms. The van der Waals surface area contributed by atoms with E-state index in [9.17, 15) is 0 Å². The van der Waals surface area contributed by atoms with Gasteiger partial charge >= 0.3 is 0 Å². The monoisotopic (exact) mass is 228 g/mol. The van der Waals surface area contributed by atoms with Gasteiger partial charge in [0.1, 0.15) is 5.75 Å². The highest BCUT2D eigenvalue weighted by Crippen LogP contribution is 2.28. The van der Waals surface area contributed by atoms with Gasteiger partial charge in [0.2, 0.25) is 0 Å². The average Bonchev–Trinajstić information content (AvgIpc) is 2.27. The number of benzene rings is 1. The number of nitrogens with zero attached hydrogens (tertiary/aromatic N) is 1.